The molecule has 3 aromatic rings. The molecule has 0 spiro atoms. The number of hydrogen-bond donors (Lipinski definition) is 1. The summed E-state index contributed by atoms with van der Waals surface area (Å²) in [6.45, 7) is 3.90. The average molecular weight is 297 g/mol. The van der Waals surface area contributed by atoms with Crippen molar-refractivity contribution in [2.75, 3.05) is 18.0 Å². The van der Waals surface area contributed by atoms with Crippen molar-refractivity contribution < 1.29 is 0 Å². The number of H-pyrrole nitrogens is 1. The summed E-state index contributed by atoms with van der Waals surface area (Å²) >= 11 is 0. The third-order valence-electron chi connectivity index (χ3n) is 4.37. The molecule has 0 aliphatic carbocycles. The molecule has 4 rings (SSSR count). The SMILES string of the molecule is Cc1nc(N2CCC[C@H](c3ccn[nH]3)C2)c2cnn(C)c2n1. The van der Waals surface area contributed by atoms with Gasteiger partial charge in [-0.25, -0.2) is 9.97 Å². The number of aromatic nitrogens is 6. The topological polar surface area (TPSA) is 75.5 Å². The first-order valence-corrected chi connectivity index (χ1v) is 7.63. The van der Waals surface area contributed by atoms with Crippen LogP contribution >= 0.6 is 0 Å². The molecule has 4 heterocycles. The number of nitrogens with one attached hydrogen (secondary N) is 1. The van der Waals surface area contributed by atoms with Crippen LogP contribution < -0.4 is 4.90 Å². The van der Waals surface area contributed by atoms with Gasteiger partial charge in [0.1, 0.15) is 11.6 Å². The molecule has 1 N–H and O–H groups in total. The number of aryl methyl sites for hydroxylation is 2. The predicted molar refractivity (Wildman–Crippen MR) is 83.8 cm³/mol. The lowest BCUT2D eigenvalue weighted by molar-refractivity contribution is 0.498. The van der Waals surface area contributed by atoms with E-state index in [1.807, 2.05) is 31.0 Å². The fourth-order valence-electron chi connectivity index (χ4n) is 3.27. The maximum absolute atomic E-state index is 4.69. The fraction of sp³-hybridized carbons (Fsp3) is 0.467. The van der Waals surface area contributed by atoms with Gasteiger partial charge < -0.3 is 4.90 Å². The second-order valence-electron chi connectivity index (χ2n) is 5.90. The van der Waals surface area contributed by atoms with E-state index in [9.17, 15) is 0 Å². The van der Waals surface area contributed by atoms with E-state index >= 15 is 0 Å². The number of hydrogen-bond acceptors (Lipinski definition) is 5. The van der Waals surface area contributed by atoms with Gasteiger partial charge in [-0.2, -0.15) is 10.2 Å². The van der Waals surface area contributed by atoms with E-state index in [-0.39, 0.29) is 0 Å². The lowest BCUT2D eigenvalue weighted by atomic mass is 9.95. The first-order valence-electron chi connectivity index (χ1n) is 7.63. The number of anilines is 1. The summed E-state index contributed by atoms with van der Waals surface area (Å²) in [6.07, 6.45) is 6.01. The smallest absolute Gasteiger partial charge is 0.163 e. The molecular formula is C15H19N7. The summed E-state index contributed by atoms with van der Waals surface area (Å²) in [4.78, 5) is 11.6. The predicted octanol–water partition coefficient (Wildman–Crippen LogP) is 1.78. The Kier molecular flexibility index (Phi) is 3.06. The van der Waals surface area contributed by atoms with Crippen molar-refractivity contribution in [3.05, 3.63) is 30.0 Å². The van der Waals surface area contributed by atoms with Crippen LogP contribution in [0.4, 0.5) is 5.82 Å². The number of fused-ring (bicyclic) bond motifs is 1. The lowest BCUT2D eigenvalue weighted by Gasteiger charge is -2.33. The van der Waals surface area contributed by atoms with Gasteiger partial charge in [0, 0.05) is 37.9 Å². The minimum atomic E-state index is 0.471. The van der Waals surface area contributed by atoms with Crippen LogP contribution in [-0.4, -0.2) is 43.0 Å². The van der Waals surface area contributed by atoms with Crippen LogP contribution in [-0.2, 0) is 7.05 Å². The minimum Gasteiger partial charge on any atom is -0.355 e. The Balaban J connectivity index is 1.72. The van der Waals surface area contributed by atoms with Gasteiger partial charge in [0.25, 0.3) is 0 Å². The maximum atomic E-state index is 4.69. The van der Waals surface area contributed by atoms with E-state index in [4.69, 9.17) is 0 Å². The molecule has 0 bridgehead atoms. The third kappa shape index (κ3) is 2.13. The molecule has 1 aliphatic heterocycles. The van der Waals surface area contributed by atoms with Gasteiger partial charge in [-0.15, -0.1) is 0 Å². The van der Waals surface area contributed by atoms with Gasteiger partial charge in [-0.3, -0.25) is 9.78 Å². The molecule has 0 radical (unpaired) electrons. The summed E-state index contributed by atoms with van der Waals surface area (Å²) in [5.41, 5.74) is 2.10. The molecule has 1 fully saturated rings. The number of piperidine rings is 1. The normalized spacial score (nSPS) is 19.0. The Morgan fingerprint density at radius 2 is 2.23 bits per heavy atom. The fourth-order valence-corrected chi connectivity index (χ4v) is 3.27. The van der Waals surface area contributed by atoms with Crippen molar-refractivity contribution in [2.45, 2.75) is 25.7 Å². The van der Waals surface area contributed by atoms with E-state index in [1.54, 1.807) is 0 Å². The van der Waals surface area contributed by atoms with Crippen LogP contribution in [0.15, 0.2) is 18.5 Å². The van der Waals surface area contributed by atoms with Gasteiger partial charge in [0.15, 0.2) is 5.65 Å². The summed E-state index contributed by atoms with van der Waals surface area (Å²) in [5.74, 6) is 2.26. The van der Waals surface area contributed by atoms with Crippen molar-refractivity contribution in [1.29, 1.82) is 0 Å². The highest BCUT2D eigenvalue weighted by Crippen LogP contribution is 2.31. The summed E-state index contributed by atoms with van der Waals surface area (Å²) in [6, 6.07) is 2.07. The molecule has 0 unspecified atom stereocenters. The zero-order valence-electron chi connectivity index (χ0n) is 12.8. The first-order chi connectivity index (χ1) is 10.7. The van der Waals surface area contributed by atoms with Crippen LogP contribution in [0.5, 0.6) is 0 Å². The van der Waals surface area contributed by atoms with Crippen molar-refractivity contribution >= 4 is 16.9 Å². The highest BCUT2D eigenvalue weighted by atomic mass is 15.3. The Morgan fingerprint density at radius 1 is 1.32 bits per heavy atom. The molecule has 1 saturated heterocycles. The van der Waals surface area contributed by atoms with Crippen LogP contribution in [0.2, 0.25) is 0 Å². The van der Waals surface area contributed by atoms with Gasteiger partial charge in [0.2, 0.25) is 0 Å². The monoisotopic (exact) mass is 297 g/mol. The average Bonchev–Trinajstić information content (AvgIpc) is 3.18. The quantitative estimate of drug-likeness (QED) is 0.780. The van der Waals surface area contributed by atoms with Gasteiger partial charge in [0.05, 0.1) is 11.6 Å². The van der Waals surface area contributed by atoms with Crippen LogP contribution in [0.1, 0.15) is 30.3 Å². The molecule has 1 aliphatic rings. The molecule has 0 aromatic carbocycles. The molecule has 22 heavy (non-hydrogen) atoms. The number of rotatable bonds is 2. The highest BCUT2D eigenvalue weighted by Gasteiger charge is 2.25. The van der Waals surface area contributed by atoms with E-state index in [2.05, 4.69) is 36.2 Å². The lowest BCUT2D eigenvalue weighted by Crippen LogP contribution is -2.35. The largest absolute Gasteiger partial charge is 0.355 e. The maximum Gasteiger partial charge on any atom is 0.163 e. The Labute approximate surface area is 128 Å². The molecule has 1 atom stereocenters. The zero-order chi connectivity index (χ0) is 15.1. The number of aromatic amines is 1. The zero-order valence-corrected chi connectivity index (χ0v) is 12.8. The number of nitrogens with zero attached hydrogens (tertiary/aromatic N) is 6. The van der Waals surface area contributed by atoms with E-state index in [1.165, 1.54) is 12.1 Å². The standard InChI is InChI=1S/C15H19N7/c1-10-18-14-12(8-17-21(14)2)15(19-10)22-7-3-4-11(9-22)13-5-6-16-20-13/h5-6,8,11H,3-4,7,9H2,1-2H3,(H,16,20)/t11-/m0/s1. The van der Waals surface area contributed by atoms with Crippen molar-refractivity contribution in [3.63, 3.8) is 0 Å². The summed E-state index contributed by atoms with van der Waals surface area (Å²) < 4.78 is 1.81. The van der Waals surface area contributed by atoms with E-state index in [0.717, 1.165) is 42.2 Å². The Hall–Kier alpha value is -2.44. The van der Waals surface area contributed by atoms with Crippen molar-refractivity contribution in [3.8, 4) is 0 Å². The molecule has 114 valence electrons. The molecule has 7 nitrogen and oxygen atoms in total. The third-order valence-corrected chi connectivity index (χ3v) is 4.37. The Bertz CT molecular complexity index is 790. The Morgan fingerprint density at radius 3 is 3.05 bits per heavy atom. The van der Waals surface area contributed by atoms with Gasteiger partial charge >= 0.3 is 0 Å². The van der Waals surface area contributed by atoms with E-state index < -0.39 is 0 Å². The van der Waals surface area contributed by atoms with Crippen LogP contribution in [0.25, 0.3) is 11.0 Å². The molecule has 3 aromatic heterocycles. The van der Waals surface area contributed by atoms with Crippen LogP contribution in [0, 0.1) is 6.92 Å². The molecular weight excluding hydrogens is 278 g/mol. The molecule has 7 heteroatoms. The molecule has 0 amide bonds. The first kappa shape index (κ1) is 13.2. The summed E-state index contributed by atoms with van der Waals surface area (Å²) in [5, 5.41) is 12.5. The van der Waals surface area contributed by atoms with Crippen LogP contribution in [0.3, 0.4) is 0 Å². The van der Waals surface area contributed by atoms with E-state index in [0.29, 0.717) is 5.92 Å². The van der Waals surface area contributed by atoms with Gasteiger partial charge in [-0.1, -0.05) is 0 Å². The highest BCUT2D eigenvalue weighted by molar-refractivity contribution is 5.87. The van der Waals surface area contributed by atoms with Crippen molar-refractivity contribution in [2.24, 2.45) is 7.05 Å². The summed E-state index contributed by atoms with van der Waals surface area (Å²) in [7, 11) is 1.92. The van der Waals surface area contributed by atoms with Gasteiger partial charge in [-0.05, 0) is 25.8 Å². The van der Waals surface area contributed by atoms with Crippen molar-refractivity contribution in [1.82, 2.24) is 29.9 Å². The second kappa shape index (κ2) is 5.08. The minimum absolute atomic E-state index is 0.471. The second-order valence-corrected chi connectivity index (χ2v) is 5.90. The molecule has 0 saturated carbocycles.